The summed E-state index contributed by atoms with van der Waals surface area (Å²) >= 11 is 0. The second kappa shape index (κ2) is 4.32. The fraction of sp³-hybridized carbons (Fsp3) is 0.533. The van der Waals surface area contributed by atoms with E-state index in [1.165, 1.54) is 5.56 Å². The summed E-state index contributed by atoms with van der Waals surface area (Å²) in [6.45, 7) is 5.46. The van der Waals surface area contributed by atoms with Gasteiger partial charge in [0.15, 0.2) is 0 Å². The Hall–Kier alpha value is -1.39. The molecule has 1 saturated heterocycles. The number of β-amino-alcohol motifs (C(OH)–C–C–N with tert-alkyl or cyclic N) is 1. The number of amides is 1. The van der Waals surface area contributed by atoms with Crippen LogP contribution in [0.25, 0.3) is 0 Å². The molecule has 2 heterocycles. The fourth-order valence-corrected chi connectivity index (χ4v) is 3.24. The average molecular weight is 260 g/mol. The van der Waals surface area contributed by atoms with Crippen molar-refractivity contribution < 1.29 is 9.90 Å². The van der Waals surface area contributed by atoms with Crippen LogP contribution < -0.4 is 4.90 Å². The second-order valence-corrected chi connectivity index (χ2v) is 6.09. The van der Waals surface area contributed by atoms with Crippen molar-refractivity contribution in [3.8, 4) is 0 Å². The third-order valence-corrected chi connectivity index (χ3v) is 3.96. The number of aliphatic hydroxyl groups is 1. The highest BCUT2D eigenvalue weighted by atomic mass is 16.3. The van der Waals surface area contributed by atoms with Crippen molar-refractivity contribution in [1.82, 2.24) is 4.90 Å². The molecular formula is C15H20N2O2. The number of hydrogen-bond acceptors (Lipinski definition) is 3. The fourth-order valence-electron chi connectivity index (χ4n) is 3.24. The molecule has 4 nitrogen and oxygen atoms in total. The molecule has 1 aromatic carbocycles. The number of carbonyl (C=O) groups excluding carboxylic acids is 1. The Kier molecular flexibility index (Phi) is 2.87. The Labute approximate surface area is 113 Å². The van der Waals surface area contributed by atoms with Gasteiger partial charge in [-0.1, -0.05) is 18.2 Å². The van der Waals surface area contributed by atoms with Crippen molar-refractivity contribution in [2.45, 2.75) is 31.9 Å². The predicted molar refractivity (Wildman–Crippen MR) is 74.2 cm³/mol. The van der Waals surface area contributed by atoms with Crippen LogP contribution in [0.2, 0.25) is 0 Å². The molecule has 0 bridgehead atoms. The molecule has 102 valence electrons. The lowest BCUT2D eigenvalue weighted by molar-refractivity contribution is -0.128. The van der Waals surface area contributed by atoms with Crippen molar-refractivity contribution in [2.24, 2.45) is 0 Å². The first-order valence-corrected chi connectivity index (χ1v) is 6.81. The molecule has 0 saturated carbocycles. The molecule has 0 aliphatic carbocycles. The minimum atomic E-state index is -0.616. The van der Waals surface area contributed by atoms with Gasteiger partial charge >= 0.3 is 0 Å². The van der Waals surface area contributed by atoms with E-state index in [0.29, 0.717) is 19.6 Å². The number of nitrogens with zero attached hydrogens (tertiary/aromatic N) is 2. The van der Waals surface area contributed by atoms with Crippen LogP contribution in [0.4, 0.5) is 5.69 Å². The molecule has 0 spiro atoms. The Morgan fingerprint density at radius 3 is 2.79 bits per heavy atom. The van der Waals surface area contributed by atoms with Crippen LogP contribution in [0.3, 0.4) is 0 Å². The number of anilines is 1. The van der Waals surface area contributed by atoms with Crippen LogP contribution in [0.1, 0.15) is 19.4 Å². The number of likely N-dealkylation sites (tertiary alicyclic amines) is 1. The van der Waals surface area contributed by atoms with Crippen LogP contribution in [0.5, 0.6) is 0 Å². The summed E-state index contributed by atoms with van der Waals surface area (Å²) in [6, 6.07) is 8.33. The summed E-state index contributed by atoms with van der Waals surface area (Å²) in [7, 11) is 0. The van der Waals surface area contributed by atoms with Crippen molar-refractivity contribution in [3.05, 3.63) is 29.8 Å². The summed E-state index contributed by atoms with van der Waals surface area (Å²) in [5.41, 5.74) is 1.68. The highest BCUT2D eigenvalue weighted by molar-refractivity contribution is 5.97. The van der Waals surface area contributed by atoms with Gasteiger partial charge in [-0.25, -0.2) is 0 Å². The Balaban J connectivity index is 1.70. The Bertz CT molecular complexity index is 505. The van der Waals surface area contributed by atoms with E-state index in [1.807, 2.05) is 34.9 Å². The molecular weight excluding hydrogens is 240 g/mol. The number of rotatable bonds is 2. The largest absolute Gasteiger partial charge is 0.388 e. The zero-order valence-electron chi connectivity index (χ0n) is 11.5. The molecule has 3 rings (SSSR count). The summed E-state index contributed by atoms with van der Waals surface area (Å²) in [6.07, 6.45) is 0.930. The van der Waals surface area contributed by atoms with Crippen LogP contribution >= 0.6 is 0 Å². The number of hydrogen-bond donors (Lipinski definition) is 1. The van der Waals surface area contributed by atoms with Gasteiger partial charge in [-0.05, 0) is 31.9 Å². The topological polar surface area (TPSA) is 43.8 Å². The molecule has 0 radical (unpaired) electrons. The zero-order valence-corrected chi connectivity index (χ0v) is 11.5. The van der Waals surface area contributed by atoms with Gasteiger partial charge in [0.2, 0.25) is 5.91 Å². The Morgan fingerprint density at radius 1 is 1.42 bits per heavy atom. The maximum atomic E-state index is 12.4. The highest BCUT2D eigenvalue weighted by Crippen LogP contribution is 2.32. The normalized spacial score (nSPS) is 25.0. The monoisotopic (exact) mass is 260 g/mol. The maximum absolute atomic E-state index is 12.4. The van der Waals surface area contributed by atoms with Gasteiger partial charge in [-0.3, -0.25) is 9.69 Å². The maximum Gasteiger partial charge on any atom is 0.241 e. The van der Waals surface area contributed by atoms with Gasteiger partial charge in [-0.2, -0.15) is 0 Å². The first-order chi connectivity index (χ1) is 8.96. The molecule has 2 aliphatic heterocycles. The van der Waals surface area contributed by atoms with Crippen molar-refractivity contribution >= 4 is 11.6 Å². The first-order valence-electron chi connectivity index (χ1n) is 6.81. The van der Waals surface area contributed by atoms with Crippen molar-refractivity contribution in [1.29, 1.82) is 0 Å². The van der Waals surface area contributed by atoms with E-state index in [2.05, 4.69) is 13.0 Å². The first kappa shape index (κ1) is 12.6. The van der Waals surface area contributed by atoms with E-state index in [9.17, 15) is 9.90 Å². The van der Waals surface area contributed by atoms with Gasteiger partial charge in [0.05, 0.1) is 12.1 Å². The molecule has 1 amide bonds. The van der Waals surface area contributed by atoms with Crippen molar-refractivity contribution in [2.75, 3.05) is 24.5 Å². The van der Waals surface area contributed by atoms with E-state index in [1.54, 1.807) is 0 Å². The summed E-state index contributed by atoms with van der Waals surface area (Å²) in [5.74, 6) is 0.132. The standard InChI is InChI=1S/C15H20N2O2/c1-11-7-12-5-3-4-6-13(12)17(11)14(18)8-16-9-15(2,19)10-16/h3-6,11,19H,7-10H2,1-2H3. The third-order valence-electron chi connectivity index (χ3n) is 3.96. The summed E-state index contributed by atoms with van der Waals surface area (Å²) in [4.78, 5) is 16.3. The van der Waals surface area contributed by atoms with E-state index in [-0.39, 0.29) is 11.9 Å². The minimum absolute atomic E-state index is 0.132. The molecule has 4 heteroatoms. The van der Waals surface area contributed by atoms with Crippen LogP contribution in [-0.4, -0.2) is 47.2 Å². The van der Waals surface area contributed by atoms with Gasteiger partial charge in [0.25, 0.3) is 0 Å². The summed E-state index contributed by atoms with van der Waals surface area (Å²) in [5, 5.41) is 9.71. The lowest BCUT2D eigenvalue weighted by Crippen LogP contribution is -2.62. The predicted octanol–water partition coefficient (Wildman–Crippen LogP) is 1.03. The van der Waals surface area contributed by atoms with E-state index >= 15 is 0 Å². The molecule has 1 atom stereocenters. The van der Waals surface area contributed by atoms with Gasteiger partial charge in [0.1, 0.15) is 0 Å². The van der Waals surface area contributed by atoms with Crippen molar-refractivity contribution in [3.63, 3.8) is 0 Å². The average Bonchev–Trinajstić information content (AvgIpc) is 2.62. The van der Waals surface area contributed by atoms with E-state index in [4.69, 9.17) is 0 Å². The molecule has 1 fully saturated rings. The Morgan fingerprint density at radius 2 is 2.11 bits per heavy atom. The number of para-hydroxylation sites is 1. The smallest absolute Gasteiger partial charge is 0.241 e. The molecule has 1 unspecified atom stereocenters. The lowest BCUT2D eigenvalue weighted by Gasteiger charge is -2.44. The number of fused-ring (bicyclic) bond motifs is 1. The van der Waals surface area contributed by atoms with Crippen LogP contribution in [-0.2, 0) is 11.2 Å². The molecule has 1 N–H and O–H groups in total. The van der Waals surface area contributed by atoms with Gasteiger partial charge in [-0.15, -0.1) is 0 Å². The number of benzene rings is 1. The van der Waals surface area contributed by atoms with Gasteiger partial charge < -0.3 is 10.0 Å². The van der Waals surface area contributed by atoms with Crippen LogP contribution in [0.15, 0.2) is 24.3 Å². The third kappa shape index (κ3) is 2.26. The second-order valence-electron chi connectivity index (χ2n) is 6.09. The highest BCUT2D eigenvalue weighted by Gasteiger charge is 2.39. The lowest BCUT2D eigenvalue weighted by atomic mass is 9.97. The summed E-state index contributed by atoms with van der Waals surface area (Å²) < 4.78 is 0. The number of carbonyl (C=O) groups is 1. The minimum Gasteiger partial charge on any atom is -0.388 e. The quantitative estimate of drug-likeness (QED) is 0.864. The van der Waals surface area contributed by atoms with E-state index in [0.717, 1.165) is 12.1 Å². The zero-order chi connectivity index (χ0) is 13.6. The molecule has 19 heavy (non-hydrogen) atoms. The SMILES string of the molecule is CC1Cc2ccccc2N1C(=O)CN1CC(C)(O)C1. The molecule has 1 aromatic rings. The van der Waals surface area contributed by atoms with E-state index < -0.39 is 5.60 Å². The van der Waals surface area contributed by atoms with Crippen LogP contribution in [0, 0.1) is 0 Å². The molecule has 0 aromatic heterocycles. The molecule has 2 aliphatic rings. The van der Waals surface area contributed by atoms with Gasteiger partial charge in [0, 0.05) is 24.8 Å².